The number of aromatic nitrogens is 2. The van der Waals surface area contributed by atoms with Gasteiger partial charge in [0.25, 0.3) is 0 Å². The van der Waals surface area contributed by atoms with E-state index in [9.17, 15) is 4.79 Å². The van der Waals surface area contributed by atoms with Gasteiger partial charge >= 0.3 is 0 Å². The van der Waals surface area contributed by atoms with Crippen molar-refractivity contribution in [3.05, 3.63) is 17.3 Å². The Kier molecular flexibility index (Phi) is 4.05. The number of amides is 1. The van der Waals surface area contributed by atoms with Crippen LogP contribution in [0.5, 0.6) is 0 Å². The Bertz CT molecular complexity index is 526. The van der Waals surface area contributed by atoms with Crippen LogP contribution in [0.1, 0.15) is 30.5 Å². The quantitative estimate of drug-likeness (QED) is 0.831. The molecule has 1 amide bonds. The molecule has 1 unspecified atom stereocenters. The molecule has 6 nitrogen and oxygen atoms in total. The topological polar surface area (TPSA) is 58.6 Å². The van der Waals surface area contributed by atoms with Crippen LogP contribution in [0.2, 0.25) is 0 Å². The van der Waals surface area contributed by atoms with Gasteiger partial charge in [0.1, 0.15) is 0 Å². The molecule has 2 aliphatic heterocycles. The Hall–Kier alpha value is -1.69. The van der Waals surface area contributed by atoms with Gasteiger partial charge in [-0.25, -0.2) is 0 Å². The summed E-state index contributed by atoms with van der Waals surface area (Å²) in [7, 11) is 3.89. The summed E-state index contributed by atoms with van der Waals surface area (Å²) in [4.78, 5) is 16.2. The minimum atomic E-state index is 0.117. The fourth-order valence-corrected chi connectivity index (χ4v) is 2.88. The van der Waals surface area contributed by atoms with Crippen LogP contribution in [-0.2, 0) is 22.5 Å². The monoisotopic (exact) mass is 290 g/mol. The Morgan fingerprint density at radius 2 is 2.33 bits per heavy atom. The number of nitrogens with zero attached hydrogens (tertiary/aromatic N) is 4. The molecule has 3 heterocycles. The average Bonchev–Trinajstić information content (AvgIpc) is 2.98. The Balaban J connectivity index is 1.67. The zero-order valence-electron chi connectivity index (χ0n) is 12.7. The van der Waals surface area contributed by atoms with Crippen LogP contribution < -0.4 is 4.90 Å². The second-order valence-electron chi connectivity index (χ2n) is 5.97. The summed E-state index contributed by atoms with van der Waals surface area (Å²) >= 11 is 0. The molecule has 1 aromatic heterocycles. The third kappa shape index (κ3) is 3.15. The first-order valence-electron chi connectivity index (χ1n) is 7.55. The van der Waals surface area contributed by atoms with Crippen molar-refractivity contribution in [2.45, 2.75) is 38.3 Å². The summed E-state index contributed by atoms with van der Waals surface area (Å²) in [6.45, 7) is 2.16. The first-order valence-corrected chi connectivity index (χ1v) is 7.55. The summed E-state index contributed by atoms with van der Waals surface area (Å²) < 4.78 is 5.56. The highest BCUT2D eigenvalue weighted by atomic mass is 16.5. The normalized spacial score (nSPS) is 21.2. The highest BCUT2D eigenvalue weighted by Crippen LogP contribution is 2.22. The van der Waals surface area contributed by atoms with E-state index in [1.807, 2.05) is 30.0 Å². The Morgan fingerprint density at radius 3 is 3.05 bits per heavy atom. The molecular formula is C15H22N4O2. The SMILES string of the molecule is CN(C)c1cc2c(nn1)CCN(C(=O)CC1CCCO1)C2. The third-order valence-corrected chi connectivity index (χ3v) is 4.16. The van der Waals surface area contributed by atoms with Crippen LogP contribution in [0, 0.1) is 0 Å². The summed E-state index contributed by atoms with van der Waals surface area (Å²) in [5.74, 6) is 1.03. The second-order valence-corrected chi connectivity index (χ2v) is 5.97. The number of fused-ring (bicyclic) bond motifs is 1. The molecule has 21 heavy (non-hydrogen) atoms. The van der Waals surface area contributed by atoms with Crippen LogP contribution in [0.15, 0.2) is 6.07 Å². The zero-order chi connectivity index (χ0) is 14.8. The van der Waals surface area contributed by atoms with E-state index in [0.29, 0.717) is 13.0 Å². The van der Waals surface area contributed by atoms with E-state index in [-0.39, 0.29) is 12.0 Å². The van der Waals surface area contributed by atoms with Crippen molar-refractivity contribution < 1.29 is 9.53 Å². The summed E-state index contributed by atoms with van der Waals surface area (Å²) in [5.41, 5.74) is 2.13. The molecule has 1 saturated heterocycles. The van der Waals surface area contributed by atoms with E-state index in [1.165, 1.54) is 0 Å². The lowest BCUT2D eigenvalue weighted by Gasteiger charge is -2.29. The van der Waals surface area contributed by atoms with Crippen molar-refractivity contribution in [1.82, 2.24) is 15.1 Å². The average molecular weight is 290 g/mol. The van der Waals surface area contributed by atoms with Crippen LogP contribution in [0.3, 0.4) is 0 Å². The minimum Gasteiger partial charge on any atom is -0.378 e. The van der Waals surface area contributed by atoms with Gasteiger partial charge in [-0.3, -0.25) is 4.79 Å². The standard InChI is InChI=1S/C15H22N4O2/c1-18(2)14-8-11-10-19(6-5-13(11)16-17-14)15(20)9-12-4-3-7-21-12/h8,12H,3-7,9-10H2,1-2H3. The van der Waals surface area contributed by atoms with E-state index in [4.69, 9.17) is 4.74 Å². The predicted octanol–water partition coefficient (Wildman–Crippen LogP) is 0.996. The molecule has 1 aromatic rings. The van der Waals surface area contributed by atoms with Crippen molar-refractivity contribution in [3.8, 4) is 0 Å². The molecule has 114 valence electrons. The minimum absolute atomic E-state index is 0.117. The van der Waals surface area contributed by atoms with Crippen LogP contribution in [0.25, 0.3) is 0 Å². The highest BCUT2D eigenvalue weighted by Gasteiger charge is 2.26. The van der Waals surface area contributed by atoms with Gasteiger partial charge in [-0.2, -0.15) is 5.10 Å². The van der Waals surface area contributed by atoms with Crippen molar-refractivity contribution in [2.75, 3.05) is 32.1 Å². The van der Waals surface area contributed by atoms with Gasteiger partial charge in [-0.15, -0.1) is 5.10 Å². The van der Waals surface area contributed by atoms with Gasteiger partial charge in [0.05, 0.1) is 18.2 Å². The number of carbonyl (C=O) groups is 1. The fraction of sp³-hybridized carbons (Fsp3) is 0.667. The lowest BCUT2D eigenvalue weighted by atomic mass is 10.0. The molecule has 2 aliphatic rings. The van der Waals surface area contributed by atoms with E-state index in [0.717, 1.165) is 49.5 Å². The maximum absolute atomic E-state index is 12.4. The molecule has 0 N–H and O–H groups in total. The molecule has 0 spiro atoms. The number of ether oxygens (including phenoxy) is 1. The van der Waals surface area contributed by atoms with Gasteiger partial charge < -0.3 is 14.5 Å². The predicted molar refractivity (Wildman–Crippen MR) is 79.1 cm³/mol. The van der Waals surface area contributed by atoms with Gasteiger partial charge in [-0.05, 0) is 24.5 Å². The molecule has 0 saturated carbocycles. The van der Waals surface area contributed by atoms with E-state index in [1.54, 1.807) is 0 Å². The third-order valence-electron chi connectivity index (χ3n) is 4.16. The Morgan fingerprint density at radius 1 is 1.48 bits per heavy atom. The lowest BCUT2D eigenvalue weighted by molar-refractivity contribution is -0.134. The van der Waals surface area contributed by atoms with Crippen LogP contribution in [-0.4, -0.2) is 54.4 Å². The molecule has 3 rings (SSSR count). The molecule has 1 atom stereocenters. The van der Waals surface area contributed by atoms with Gasteiger partial charge in [0, 0.05) is 40.2 Å². The summed E-state index contributed by atoms with van der Waals surface area (Å²) in [6.07, 6.45) is 3.49. The van der Waals surface area contributed by atoms with E-state index in [2.05, 4.69) is 10.2 Å². The van der Waals surface area contributed by atoms with E-state index < -0.39 is 0 Å². The molecule has 0 bridgehead atoms. The molecular weight excluding hydrogens is 268 g/mol. The first kappa shape index (κ1) is 14.3. The number of carbonyl (C=O) groups excluding carboxylic acids is 1. The maximum Gasteiger partial charge on any atom is 0.225 e. The smallest absolute Gasteiger partial charge is 0.225 e. The van der Waals surface area contributed by atoms with Crippen molar-refractivity contribution in [2.24, 2.45) is 0 Å². The van der Waals surface area contributed by atoms with Crippen LogP contribution >= 0.6 is 0 Å². The van der Waals surface area contributed by atoms with Crippen LogP contribution in [0.4, 0.5) is 5.82 Å². The second kappa shape index (κ2) is 5.97. The maximum atomic E-state index is 12.4. The zero-order valence-corrected chi connectivity index (χ0v) is 12.7. The molecule has 0 aliphatic carbocycles. The summed E-state index contributed by atoms with van der Waals surface area (Å²) in [5, 5.41) is 8.48. The first-order chi connectivity index (χ1) is 10.1. The lowest BCUT2D eigenvalue weighted by Crippen LogP contribution is -2.38. The van der Waals surface area contributed by atoms with Gasteiger partial charge in [0.2, 0.25) is 5.91 Å². The Labute approximate surface area is 125 Å². The highest BCUT2D eigenvalue weighted by molar-refractivity contribution is 5.77. The number of hydrogen-bond donors (Lipinski definition) is 0. The fourth-order valence-electron chi connectivity index (χ4n) is 2.88. The number of anilines is 1. The van der Waals surface area contributed by atoms with Crippen molar-refractivity contribution >= 4 is 11.7 Å². The summed E-state index contributed by atoms with van der Waals surface area (Å²) in [6, 6.07) is 2.04. The molecule has 1 fully saturated rings. The molecule has 6 heteroatoms. The molecule has 0 aromatic carbocycles. The van der Waals surface area contributed by atoms with Crippen molar-refractivity contribution in [1.29, 1.82) is 0 Å². The van der Waals surface area contributed by atoms with Gasteiger partial charge in [0.15, 0.2) is 5.82 Å². The van der Waals surface area contributed by atoms with Gasteiger partial charge in [-0.1, -0.05) is 0 Å². The molecule has 0 radical (unpaired) electrons. The number of hydrogen-bond acceptors (Lipinski definition) is 5. The number of rotatable bonds is 3. The van der Waals surface area contributed by atoms with Crippen molar-refractivity contribution in [3.63, 3.8) is 0 Å². The van der Waals surface area contributed by atoms with E-state index >= 15 is 0 Å². The largest absolute Gasteiger partial charge is 0.378 e.